The third kappa shape index (κ3) is 1.96. The summed E-state index contributed by atoms with van der Waals surface area (Å²) in [4.78, 5) is 25.1. The molecule has 2 N–H and O–H groups in total. The zero-order chi connectivity index (χ0) is 20.2. The van der Waals surface area contributed by atoms with Crippen LogP contribution in [0.4, 0.5) is 0 Å². The van der Waals surface area contributed by atoms with Crippen molar-refractivity contribution in [3.05, 3.63) is 11.6 Å². The SMILES string of the molecule is C[C@]12CCC3[C@@]4(CC[C@]5(O)C[C@@H](O)CC[C@]35C(=O)O4)[C@@H]1CC[C@@H]2C1=CC(=O)OC1. The van der Waals surface area contributed by atoms with Crippen LogP contribution in [0.1, 0.15) is 64.7 Å². The van der Waals surface area contributed by atoms with Crippen LogP contribution in [0.5, 0.6) is 0 Å². The number of aliphatic hydroxyl groups is 2. The van der Waals surface area contributed by atoms with Crippen LogP contribution in [0.25, 0.3) is 0 Å². The Kier molecular flexibility index (Phi) is 3.45. The summed E-state index contributed by atoms with van der Waals surface area (Å²) in [5.74, 6) is 0.101. The van der Waals surface area contributed by atoms with Crippen LogP contribution in [0, 0.1) is 28.6 Å². The number of ether oxygens (including phenoxy) is 2. The van der Waals surface area contributed by atoms with E-state index < -0.39 is 22.7 Å². The average Bonchev–Trinajstić information content (AvgIpc) is 3.29. The van der Waals surface area contributed by atoms with Gasteiger partial charge in [0.1, 0.15) is 17.6 Å². The van der Waals surface area contributed by atoms with Crippen molar-refractivity contribution in [1.82, 2.24) is 0 Å². The van der Waals surface area contributed by atoms with Gasteiger partial charge in [-0.2, -0.15) is 0 Å². The lowest BCUT2D eigenvalue weighted by atomic mass is 9.42. The molecule has 1 saturated heterocycles. The van der Waals surface area contributed by atoms with Gasteiger partial charge >= 0.3 is 11.9 Å². The molecule has 6 aliphatic rings. The van der Waals surface area contributed by atoms with E-state index in [1.165, 1.54) is 0 Å². The number of cyclic esters (lactones) is 1. The van der Waals surface area contributed by atoms with Gasteiger partial charge in [0.15, 0.2) is 0 Å². The molecule has 0 aromatic rings. The molecule has 8 atom stereocenters. The molecule has 2 bridgehead atoms. The summed E-state index contributed by atoms with van der Waals surface area (Å²) in [5.41, 5.74) is -1.42. The van der Waals surface area contributed by atoms with Gasteiger partial charge in [-0.05, 0) is 68.3 Å². The summed E-state index contributed by atoms with van der Waals surface area (Å²) in [5, 5.41) is 21.8. The van der Waals surface area contributed by atoms with Gasteiger partial charge in [-0.25, -0.2) is 4.79 Å². The van der Waals surface area contributed by atoms with E-state index in [0.717, 1.165) is 31.3 Å². The Morgan fingerprint density at radius 2 is 1.86 bits per heavy atom. The Hall–Kier alpha value is -1.40. The molecule has 6 nitrogen and oxygen atoms in total. The van der Waals surface area contributed by atoms with Crippen LogP contribution in [-0.2, 0) is 19.1 Å². The number of carbonyl (C=O) groups is 2. The molecule has 6 heteroatoms. The van der Waals surface area contributed by atoms with E-state index in [9.17, 15) is 19.8 Å². The summed E-state index contributed by atoms with van der Waals surface area (Å²) in [7, 11) is 0. The van der Waals surface area contributed by atoms with Gasteiger partial charge in [-0.15, -0.1) is 0 Å². The lowest BCUT2D eigenvalue weighted by Crippen LogP contribution is -2.67. The minimum atomic E-state index is -1.15. The number of hydrogen-bond donors (Lipinski definition) is 2. The summed E-state index contributed by atoms with van der Waals surface area (Å²) in [6.45, 7) is 2.71. The van der Waals surface area contributed by atoms with Crippen LogP contribution in [-0.4, -0.2) is 46.1 Å². The number of fused-ring (bicyclic) bond motifs is 1. The van der Waals surface area contributed by atoms with Crippen molar-refractivity contribution in [2.45, 2.75) is 82.0 Å². The quantitative estimate of drug-likeness (QED) is 0.654. The van der Waals surface area contributed by atoms with Crippen LogP contribution in [0.2, 0.25) is 0 Å². The maximum atomic E-state index is 13.4. The van der Waals surface area contributed by atoms with E-state index >= 15 is 0 Å². The summed E-state index contributed by atoms with van der Waals surface area (Å²) >= 11 is 0. The third-order valence-electron chi connectivity index (χ3n) is 10.1. The van der Waals surface area contributed by atoms with Gasteiger partial charge in [0.05, 0.1) is 11.7 Å². The van der Waals surface area contributed by atoms with Crippen molar-refractivity contribution in [1.29, 1.82) is 0 Å². The topological polar surface area (TPSA) is 93.1 Å². The van der Waals surface area contributed by atoms with E-state index in [1.54, 1.807) is 6.08 Å². The molecule has 0 aromatic carbocycles. The second-order valence-corrected chi connectivity index (χ2v) is 10.9. The average molecular weight is 402 g/mol. The number of hydrogen-bond acceptors (Lipinski definition) is 6. The predicted molar refractivity (Wildman–Crippen MR) is 101 cm³/mol. The first-order chi connectivity index (χ1) is 13.8. The van der Waals surface area contributed by atoms with Crippen molar-refractivity contribution in [2.24, 2.45) is 28.6 Å². The van der Waals surface area contributed by atoms with Crippen molar-refractivity contribution in [3.8, 4) is 0 Å². The smallest absolute Gasteiger partial charge is 0.331 e. The molecule has 6 rings (SSSR count). The molecule has 0 aromatic heterocycles. The Morgan fingerprint density at radius 3 is 2.62 bits per heavy atom. The Labute approximate surface area is 170 Å². The molecule has 29 heavy (non-hydrogen) atoms. The summed E-state index contributed by atoms with van der Waals surface area (Å²) in [6, 6.07) is 0. The van der Waals surface area contributed by atoms with Crippen molar-refractivity contribution >= 4 is 11.9 Å². The van der Waals surface area contributed by atoms with Gasteiger partial charge in [0.25, 0.3) is 0 Å². The largest absolute Gasteiger partial charge is 0.458 e. The first-order valence-electron chi connectivity index (χ1n) is 11.3. The predicted octanol–water partition coefficient (Wildman–Crippen LogP) is 2.26. The highest BCUT2D eigenvalue weighted by Gasteiger charge is 2.80. The number of aliphatic hydroxyl groups excluding tert-OH is 1. The van der Waals surface area contributed by atoms with Crippen molar-refractivity contribution < 1.29 is 29.3 Å². The fourth-order valence-corrected chi connectivity index (χ4v) is 8.96. The highest BCUT2D eigenvalue weighted by atomic mass is 16.6. The Morgan fingerprint density at radius 1 is 1.03 bits per heavy atom. The summed E-state index contributed by atoms with van der Waals surface area (Å²) < 4.78 is 11.6. The minimum absolute atomic E-state index is 0.0221. The molecule has 2 heterocycles. The number of carbonyl (C=O) groups excluding carboxylic acids is 2. The third-order valence-corrected chi connectivity index (χ3v) is 10.1. The van der Waals surface area contributed by atoms with Crippen LogP contribution < -0.4 is 0 Å². The van der Waals surface area contributed by atoms with Gasteiger partial charge < -0.3 is 19.7 Å². The lowest BCUT2D eigenvalue weighted by molar-refractivity contribution is -0.214. The van der Waals surface area contributed by atoms with Gasteiger partial charge in [-0.1, -0.05) is 6.92 Å². The first-order valence-corrected chi connectivity index (χ1v) is 11.3. The van der Waals surface area contributed by atoms with Crippen LogP contribution in [0.3, 0.4) is 0 Å². The monoisotopic (exact) mass is 402 g/mol. The molecule has 0 radical (unpaired) electrons. The van der Waals surface area contributed by atoms with Crippen molar-refractivity contribution in [2.75, 3.05) is 6.61 Å². The number of rotatable bonds is 1. The molecule has 158 valence electrons. The van der Waals surface area contributed by atoms with E-state index in [1.807, 2.05) is 0 Å². The van der Waals surface area contributed by atoms with E-state index in [4.69, 9.17) is 9.47 Å². The highest BCUT2D eigenvalue weighted by molar-refractivity contribution is 5.85. The second-order valence-electron chi connectivity index (χ2n) is 10.9. The van der Waals surface area contributed by atoms with Crippen LogP contribution in [0.15, 0.2) is 11.6 Å². The molecule has 2 aliphatic heterocycles. The fraction of sp³-hybridized carbons (Fsp3) is 0.826. The fourth-order valence-electron chi connectivity index (χ4n) is 8.96. The molecule has 4 saturated carbocycles. The molecule has 1 spiro atoms. The Bertz CT molecular complexity index is 835. The van der Waals surface area contributed by atoms with Crippen molar-refractivity contribution in [3.63, 3.8) is 0 Å². The van der Waals surface area contributed by atoms with E-state index in [2.05, 4.69) is 6.92 Å². The molecule has 5 fully saturated rings. The van der Waals surface area contributed by atoms with Gasteiger partial charge in [0.2, 0.25) is 0 Å². The zero-order valence-corrected chi connectivity index (χ0v) is 17.0. The number of esters is 2. The van der Waals surface area contributed by atoms with Gasteiger partial charge in [0, 0.05) is 24.3 Å². The first kappa shape index (κ1) is 18.4. The molecule has 4 aliphatic carbocycles. The maximum absolute atomic E-state index is 13.4. The van der Waals surface area contributed by atoms with Crippen LogP contribution >= 0.6 is 0 Å². The molecular formula is C23H30O6. The lowest BCUT2D eigenvalue weighted by Gasteiger charge is -2.61. The second kappa shape index (κ2) is 5.44. The van der Waals surface area contributed by atoms with Gasteiger partial charge in [-0.3, -0.25) is 4.79 Å². The standard InChI is InChI=1S/C23H30O6/c1-20-6-5-17-22-7-4-14(24)11-21(22,27)8-9-23(17,29-19(22)26)16(20)3-2-15(20)13-10-18(25)28-12-13/h10,14-17,24,27H,2-9,11-12H2,1H3/t14-,15+,16+,17?,20+,21-,22+,23+/m0/s1. The highest BCUT2D eigenvalue weighted by Crippen LogP contribution is 2.74. The van der Waals surface area contributed by atoms with E-state index in [-0.39, 0.29) is 35.6 Å². The minimum Gasteiger partial charge on any atom is -0.458 e. The van der Waals surface area contributed by atoms with E-state index in [0.29, 0.717) is 38.2 Å². The Balaban J connectivity index is 1.41. The zero-order valence-electron chi connectivity index (χ0n) is 17.0. The molecule has 0 amide bonds. The molecule has 1 unspecified atom stereocenters. The maximum Gasteiger partial charge on any atom is 0.331 e. The summed E-state index contributed by atoms with van der Waals surface area (Å²) in [6.07, 6.45) is 7.49. The molecular weight excluding hydrogens is 372 g/mol. The normalized spacial score (nSPS) is 55.5.